The summed E-state index contributed by atoms with van der Waals surface area (Å²) in [6.07, 6.45) is 3.31. The highest BCUT2D eigenvalue weighted by atomic mass is 15.2. The zero-order chi connectivity index (χ0) is 11.1. The fraction of sp³-hybridized carbons (Fsp3) is 0.300. The van der Waals surface area contributed by atoms with Gasteiger partial charge in [-0.25, -0.2) is 4.99 Å². The Hall–Kier alpha value is -1.71. The second kappa shape index (κ2) is 5.85. The fourth-order valence-corrected chi connectivity index (χ4v) is 0.829. The largest absolute Gasteiger partial charge is 0.394 e. The van der Waals surface area contributed by atoms with Gasteiger partial charge in [-0.2, -0.15) is 0 Å². The Kier molecular flexibility index (Phi) is 5.14. The van der Waals surface area contributed by atoms with Crippen molar-refractivity contribution in [2.24, 2.45) is 10.7 Å². The molecule has 0 spiro atoms. The number of hydrogen-bond acceptors (Lipinski definition) is 4. The van der Waals surface area contributed by atoms with Crippen molar-refractivity contribution in [3.8, 4) is 0 Å². The number of nitrogens with one attached hydrogen (secondary N) is 1. The van der Waals surface area contributed by atoms with Crippen LogP contribution in [0.5, 0.6) is 0 Å². The molecule has 0 unspecified atom stereocenters. The predicted octanol–water partition coefficient (Wildman–Crippen LogP) is 1.01. The number of rotatable bonds is 5. The molecule has 0 heterocycles. The van der Waals surface area contributed by atoms with Crippen LogP contribution < -0.4 is 11.1 Å². The predicted molar refractivity (Wildman–Crippen MR) is 61.5 cm³/mol. The van der Waals surface area contributed by atoms with Crippen LogP contribution in [0, 0.1) is 0 Å². The first kappa shape index (κ1) is 12.3. The maximum absolute atomic E-state index is 5.85. The molecule has 0 aromatic heterocycles. The Bertz CT molecular complexity index is 276. The van der Waals surface area contributed by atoms with Crippen LogP contribution in [0.2, 0.25) is 0 Å². The van der Waals surface area contributed by atoms with Crippen LogP contribution in [0.4, 0.5) is 0 Å². The van der Waals surface area contributed by atoms with Gasteiger partial charge >= 0.3 is 0 Å². The number of aliphatic imine (C=N–C) groups is 1. The molecule has 0 radical (unpaired) electrons. The minimum atomic E-state index is 0.507. The van der Waals surface area contributed by atoms with Crippen molar-refractivity contribution in [3.63, 3.8) is 0 Å². The van der Waals surface area contributed by atoms with E-state index in [0.29, 0.717) is 17.2 Å². The summed E-state index contributed by atoms with van der Waals surface area (Å²) in [6.45, 7) is 9.23. The van der Waals surface area contributed by atoms with Gasteiger partial charge in [0.1, 0.15) is 0 Å². The molecule has 0 bridgehead atoms. The monoisotopic (exact) mass is 194 g/mol. The molecule has 0 fully saturated rings. The van der Waals surface area contributed by atoms with E-state index in [-0.39, 0.29) is 0 Å². The molecule has 3 N–H and O–H groups in total. The van der Waals surface area contributed by atoms with Crippen LogP contribution in [-0.4, -0.2) is 25.2 Å². The van der Waals surface area contributed by atoms with Crippen LogP contribution in [0.3, 0.4) is 0 Å². The summed E-state index contributed by atoms with van der Waals surface area (Å²) in [5, 5.41) is 2.87. The van der Waals surface area contributed by atoms with E-state index in [9.17, 15) is 0 Å². The van der Waals surface area contributed by atoms with E-state index in [0.717, 1.165) is 0 Å². The Labute approximate surface area is 85.5 Å². The van der Waals surface area contributed by atoms with Gasteiger partial charge in [0.05, 0.1) is 11.4 Å². The number of nitrogens with two attached hydrogens (primary N) is 1. The molecule has 0 aliphatic rings. The van der Waals surface area contributed by atoms with Crippen molar-refractivity contribution in [1.82, 2.24) is 10.2 Å². The summed E-state index contributed by atoms with van der Waals surface area (Å²) in [5.74, 6) is 0.627. The molecule has 4 nitrogen and oxygen atoms in total. The van der Waals surface area contributed by atoms with Gasteiger partial charge in [0.15, 0.2) is 5.82 Å². The third kappa shape index (κ3) is 2.97. The van der Waals surface area contributed by atoms with Crippen LogP contribution in [0.15, 0.2) is 41.6 Å². The van der Waals surface area contributed by atoms with E-state index in [1.165, 1.54) is 0 Å². The molecular weight excluding hydrogens is 176 g/mol. The number of nitrogens with zero attached hydrogens (tertiary/aromatic N) is 2. The number of hydrogen-bond donors (Lipinski definition) is 2. The molecule has 0 rings (SSSR count). The first-order valence-electron chi connectivity index (χ1n) is 4.29. The molecule has 0 amide bonds. The Morgan fingerprint density at radius 1 is 1.57 bits per heavy atom. The smallest absolute Gasteiger partial charge is 0.157 e. The summed E-state index contributed by atoms with van der Waals surface area (Å²) in [5.41, 5.74) is 6.99. The molecule has 0 aromatic carbocycles. The third-order valence-electron chi connectivity index (χ3n) is 1.73. The van der Waals surface area contributed by atoms with Crippen molar-refractivity contribution in [2.45, 2.75) is 6.92 Å². The van der Waals surface area contributed by atoms with Crippen LogP contribution in [0.1, 0.15) is 6.92 Å². The van der Waals surface area contributed by atoms with Gasteiger partial charge in [-0.05, 0) is 13.1 Å². The normalized spacial score (nSPS) is 12.2. The molecule has 78 valence electrons. The molecule has 14 heavy (non-hydrogen) atoms. The lowest BCUT2D eigenvalue weighted by atomic mass is 10.3. The van der Waals surface area contributed by atoms with Gasteiger partial charge < -0.3 is 16.0 Å². The molecule has 0 atom stereocenters. The Morgan fingerprint density at radius 3 is 2.50 bits per heavy atom. The molecule has 0 aliphatic heterocycles. The van der Waals surface area contributed by atoms with Gasteiger partial charge in [-0.3, -0.25) is 0 Å². The van der Waals surface area contributed by atoms with Gasteiger partial charge in [-0.15, -0.1) is 0 Å². The minimum absolute atomic E-state index is 0.507. The summed E-state index contributed by atoms with van der Waals surface area (Å²) < 4.78 is 0. The van der Waals surface area contributed by atoms with Crippen molar-refractivity contribution >= 4 is 6.21 Å². The molecule has 0 aromatic rings. The third-order valence-corrected chi connectivity index (χ3v) is 1.73. The van der Waals surface area contributed by atoms with Crippen LogP contribution in [0.25, 0.3) is 0 Å². The van der Waals surface area contributed by atoms with E-state index in [2.05, 4.69) is 23.5 Å². The second-order valence-electron chi connectivity index (χ2n) is 2.65. The van der Waals surface area contributed by atoms with E-state index in [1.807, 2.05) is 14.0 Å². The highest BCUT2D eigenvalue weighted by molar-refractivity contribution is 5.56. The van der Waals surface area contributed by atoms with Crippen molar-refractivity contribution in [3.05, 3.63) is 36.6 Å². The van der Waals surface area contributed by atoms with Crippen molar-refractivity contribution in [2.75, 3.05) is 14.1 Å². The maximum Gasteiger partial charge on any atom is 0.157 e. The fourth-order valence-electron chi connectivity index (χ4n) is 0.829. The van der Waals surface area contributed by atoms with E-state index in [1.54, 1.807) is 24.4 Å². The zero-order valence-corrected chi connectivity index (χ0v) is 9.04. The van der Waals surface area contributed by atoms with E-state index in [4.69, 9.17) is 5.73 Å². The molecule has 0 saturated carbocycles. The summed E-state index contributed by atoms with van der Waals surface area (Å²) in [4.78, 5) is 5.88. The standard InChI is InChI=1S/C10H18N4/c1-6-13-10(14(5)7-2)9(11)8(3)12-4/h6-7,12H,2-3,11H2,1,4-5H3/b10-9-,13-6-. The maximum atomic E-state index is 5.85. The van der Waals surface area contributed by atoms with Crippen molar-refractivity contribution in [1.29, 1.82) is 0 Å². The van der Waals surface area contributed by atoms with Gasteiger partial charge in [0, 0.05) is 20.3 Å². The SMILES string of the molecule is C=CN(C)C(/N=C\C)=C(\N)C(=C)NC. The first-order chi connectivity index (χ1) is 6.58. The summed E-state index contributed by atoms with van der Waals surface area (Å²) in [6, 6.07) is 0. The molecule has 4 heteroatoms. The second-order valence-corrected chi connectivity index (χ2v) is 2.65. The van der Waals surface area contributed by atoms with E-state index < -0.39 is 0 Å². The highest BCUT2D eigenvalue weighted by Gasteiger charge is 2.06. The average molecular weight is 194 g/mol. The number of likely N-dealkylation sites (N-methyl/N-ethyl adjacent to an activating group) is 1. The minimum Gasteiger partial charge on any atom is -0.394 e. The summed E-state index contributed by atoms with van der Waals surface area (Å²) >= 11 is 0. The summed E-state index contributed by atoms with van der Waals surface area (Å²) in [7, 11) is 3.58. The lowest BCUT2D eigenvalue weighted by Gasteiger charge is -2.17. The van der Waals surface area contributed by atoms with Gasteiger partial charge in [0.2, 0.25) is 0 Å². The Morgan fingerprint density at radius 2 is 2.14 bits per heavy atom. The lowest BCUT2D eigenvalue weighted by molar-refractivity contribution is 0.555. The Balaban J connectivity index is 5.13. The van der Waals surface area contributed by atoms with Crippen LogP contribution >= 0.6 is 0 Å². The zero-order valence-electron chi connectivity index (χ0n) is 9.04. The molecule has 0 aliphatic carbocycles. The van der Waals surface area contributed by atoms with Crippen LogP contribution in [-0.2, 0) is 0 Å². The van der Waals surface area contributed by atoms with Crippen molar-refractivity contribution < 1.29 is 0 Å². The van der Waals surface area contributed by atoms with Gasteiger partial charge in [0.25, 0.3) is 0 Å². The average Bonchev–Trinajstić information content (AvgIpc) is 2.22. The molecular formula is C10H18N4. The quantitative estimate of drug-likeness (QED) is 0.507. The topological polar surface area (TPSA) is 53.6 Å². The molecule has 0 saturated heterocycles. The first-order valence-corrected chi connectivity index (χ1v) is 4.29. The van der Waals surface area contributed by atoms with E-state index >= 15 is 0 Å². The highest BCUT2D eigenvalue weighted by Crippen LogP contribution is 2.10. The lowest BCUT2D eigenvalue weighted by Crippen LogP contribution is -2.20. The van der Waals surface area contributed by atoms with Gasteiger partial charge in [-0.1, -0.05) is 13.2 Å².